The lowest BCUT2D eigenvalue weighted by Gasteiger charge is -2.23. The van der Waals surface area contributed by atoms with Crippen LogP contribution in [0.5, 0.6) is 5.75 Å². The van der Waals surface area contributed by atoms with E-state index in [0.29, 0.717) is 24.1 Å². The van der Waals surface area contributed by atoms with Crippen molar-refractivity contribution < 1.29 is 9.53 Å². The number of fused-ring (bicyclic) bond motifs is 1. The van der Waals surface area contributed by atoms with Gasteiger partial charge in [0.1, 0.15) is 5.75 Å². The molecule has 0 aliphatic rings. The van der Waals surface area contributed by atoms with Gasteiger partial charge in [0.15, 0.2) is 6.29 Å². The van der Waals surface area contributed by atoms with E-state index in [1.165, 1.54) is 11.1 Å². The lowest BCUT2D eigenvalue weighted by atomic mass is 9.86. The molecule has 2 heterocycles. The van der Waals surface area contributed by atoms with Gasteiger partial charge in [-0.05, 0) is 78.6 Å². The van der Waals surface area contributed by atoms with E-state index in [2.05, 4.69) is 45.9 Å². The van der Waals surface area contributed by atoms with Gasteiger partial charge in [0.05, 0.1) is 12.3 Å². The number of carbonyl (C=O) groups is 1. The predicted molar refractivity (Wildman–Crippen MR) is 117 cm³/mol. The van der Waals surface area contributed by atoms with Gasteiger partial charge in [0.2, 0.25) is 0 Å². The van der Waals surface area contributed by atoms with Crippen LogP contribution in [0.2, 0.25) is 0 Å². The maximum atomic E-state index is 11.9. The highest BCUT2D eigenvalue weighted by Crippen LogP contribution is 2.41. The lowest BCUT2D eigenvalue weighted by molar-refractivity contribution is 0.111. The quantitative estimate of drug-likeness (QED) is 0.402. The van der Waals surface area contributed by atoms with Gasteiger partial charge < -0.3 is 9.14 Å². The summed E-state index contributed by atoms with van der Waals surface area (Å²) in [6.45, 7) is 11.6. The molecule has 0 fully saturated rings. The molecule has 3 aromatic rings. The first kappa shape index (κ1) is 20.2. The van der Waals surface area contributed by atoms with E-state index in [1.807, 2.05) is 35.7 Å². The summed E-state index contributed by atoms with van der Waals surface area (Å²) in [5, 5.41) is 0. The van der Waals surface area contributed by atoms with Crippen molar-refractivity contribution in [2.24, 2.45) is 0 Å². The van der Waals surface area contributed by atoms with Gasteiger partial charge in [-0.15, -0.1) is 0 Å². The Bertz CT molecular complexity index is 939. The first-order valence-electron chi connectivity index (χ1n) is 10.4. The fraction of sp³-hybridized carbons (Fsp3) is 0.400. The third kappa shape index (κ3) is 3.58. The summed E-state index contributed by atoms with van der Waals surface area (Å²) in [6, 6.07) is 12.6. The van der Waals surface area contributed by atoms with Crippen molar-refractivity contribution in [2.75, 3.05) is 6.61 Å². The monoisotopic (exact) mass is 377 g/mol. The Hall–Kier alpha value is -2.55. The number of aldehydes is 1. The van der Waals surface area contributed by atoms with Gasteiger partial charge in [-0.3, -0.25) is 4.79 Å². The molecule has 0 bridgehead atoms. The predicted octanol–water partition coefficient (Wildman–Crippen LogP) is 6.84. The molecule has 2 unspecified atom stereocenters. The Morgan fingerprint density at radius 2 is 1.64 bits per heavy atom. The Kier molecular flexibility index (Phi) is 6.23. The lowest BCUT2D eigenvalue weighted by Crippen LogP contribution is -2.06. The van der Waals surface area contributed by atoms with Crippen molar-refractivity contribution in [1.29, 1.82) is 0 Å². The zero-order chi connectivity index (χ0) is 20.3. The van der Waals surface area contributed by atoms with Crippen LogP contribution in [0.3, 0.4) is 0 Å². The summed E-state index contributed by atoms with van der Waals surface area (Å²) in [5.41, 5.74) is 6.29. The molecular formula is C25H31NO2. The summed E-state index contributed by atoms with van der Waals surface area (Å²) in [4.78, 5) is 11.9. The fourth-order valence-electron chi connectivity index (χ4n) is 3.81. The SMILES string of the molecule is CCOc1c(C(C)CC)cc(-c2cc3ccccn3c2C=O)cc1C(C)CC. The second-order valence-corrected chi connectivity index (χ2v) is 7.59. The summed E-state index contributed by atoms with van der Waals surface area (Å²) >= 11 is 0. The van der Waals surface area contributed by atoms with E-state index in [-0.39, 0.29) is 0 Å². The molecule has 0 saturated carbocycles. The van der Waals surface area contributed by atoms with E-state index in [1.54, 1.807) is 0 Å². The number of hydrogen-bond donors (Lipinski definition) is 0. The largest absolute Gasteiger partial charge is 0.493 e. The minimum Gasteiger partial charge on any atom is -0.493 e. The number of nitrogens with zero attached hydrogens (tertiary/aromatic N) is 1. The molecule has 0 spiro atoms. The number of aromatic nitrogens is 1. The zero-order valence-electron chi connectivity index (χ0n) is 17.7. The number of pyridine rings is 1. The Labute approximate surface area is 168 Å². The molecule has 148 valence electrons. The molecule has 0 amide bonds. The number of rotatable bonds is 8. The highest BCUT2D eigenvalue weighted by atomic mass is 16.5. The molecule has 3 rings (SSSR count). The van der Waals surface area contributed by atoms with Crippen LogP contribution in [0.15, 0.2) is 42.6 Å². The molecule has 2 atom stereocenters. The van der Waals surface area contributed by atoms with E-state index < -0.39 is 0 Å². The molecule has 0 saturated heterocycles. The average Bonchev–Trinajstić information content (AvgIpc) is 3.11. The number of benzene rings is 1. The highest BCUT2D eigenvalue weighted by Gasteiger charge is 2.21. The molecule has 2 aromatic heterocycles. The molecule has 1 aromatic carbocycles. The van der Waals surface area contributed by atoms with Gasteiger partial charge in [0, 0.05) is 17.3 Å². The smallest absolute Gasteiger partial charge is 0.167 e. The van der Waals surface area contributed by atoms with Gasteiger partial charge >= 0.3 is 0 Å². The summed E-state index contributed by atoms with van der Waals surface area (Å²) in [6.07, 6.45) is 5.00. The molecular weight excluding hydrogens is 346 g/mol. The third-order valence-corrected chi connectivity index (χ3v) is 5.86. The molecule has 28 heavy (non-hydrogen) atoms. The van der Waals surface area contributed by atoms with Crippen molar-refractivity contribution in [3.05, 3.63) is 59.4 Å². The van der Waals surface area contributed by atoms with Gasteiger partial charge in [-0.2, -0.15) is 0 Å². The highest BCUT2D eigenvalue weighted by molar-refractivity contribution is 5.90. The molecule has 0 N–H and O–H groups in total. The fourth-order valence-corrected chi connectivity index (χ4v) is 3.81. The third-order valence-electron chi connectivity index (χ3n) is 5.86. The second kappa shape index (κ2) is 8.64. The molecule has 3 heteroatoms. The van der Waals surface area contributed by atoms with Crippen LogP contribution >= 0.6 is 0 Å². The normalized spacial score (nSPS) is 13.5. The summed E-state index contributed by atoms with van der Waals surface area (Å²) in [5.74, 6) is 1.81. The maximum absolute atomic E-state index is 11.9. The first-order chi connectivity index (χ1) is 13.5. The molecule has 0 aliphatic heterocycles. The van der Waals surface area contributed by atoms with E-state index in [9.17, 15) is 4.79 Å². The van der Waals surface area contributed by atoms with E-state index in [0.717, 1.165) is 41.5 Å². The van der Waals surface area contributed by atoms with Crippen LogP contribution in [0.1, 0.15) is 80.9 Å². The molecule has 0 radical (unpaired) electrons. The molecule has 0 aliphatic carbocycles. The van der Waals surface area contributed by atoms with Crippen molar-refractivity contribution in [1.82, 2.24) is 4.40 Å². The van der Waals surface area contributed by atoms with E-state index >= 15 is 0 Å². The Morgan fingerprint density at radius 3 is 2.18 bits per heavy atom. The van der Waals surface area contributed by atoms with Crippen LogP contribution < -0.4 is 4.74 Å². The number of ether oxygens (including phenoxy) is 1. The van der Waals surface area contributed by atoms with Crippen molar-refractivity contribution in [3.63, 3.8) is 0 Å². The van der Waals surface area contributed by atoms with Crippen LogP contribution in [-0.4, -0.2) is 17.3 Å². The van der Waals surface area contributed by atoms with Gasteiger partial charge in [-0.25, -0.2) is 0 Å². The average molecular weight is 378 g/mol. The van der Waals surface area contributed by atoms with Gasteiger partial charge in [-0.1, -0.05) is 33.8 Å². The standard InChI is InChI=1S/C25H31NO2/c1-6-17(4)21-13-19(14-22(18(5)7-2)25(21)28-8-3)23-15-20-11-9-10-12-26(20)24(23)16-27/h9-18H,6-8H2,1-5H3. The number of hydrogen-bond acceptors (Lipinski definition) is 2. The van der Waals surface area contributed by atoms with Crippen LogP contribution in [0, 0.1) is 0 Å². The minimum absolute atomic E-state index is 0.390. The van der Waals surface area contributed by atoms with Crippen molar-refractivity contribution in [2.45, 2.75) is 59.3 Å². The minimum atomic E-state index is 0.390. The second-order valence-electron chi connectivity index (χ2n) is 7.59. The first-order valence-corrected chi connectivity index (χ1v) is 10.4. The number of carbonyl (C=O) groups excluding carboxylic acids is 1. The van der Waals surface area contributed by atoms with Crippen LogP contribution in [0.25, 0.3) is 16.6 Å². The maximum Gasteiger partial charge on any atom is 0.167 e. The zero-order valence-corrected chi connectivity index (χ0v) is 17.7. The summed E-state index contributed by atoms with van der Waals surface area (Å²) < 4.78 is 8.11. The summed E-state index contributed by atoms with van der Waals surface area (Å²) in [7, 11) is 0. The van der Waals surface area contributed by atoms with Crippen molar-refractivity contribution >= 4 is 11.8 Å². The Morgan fingerprint density at radius 1 is 1.00 bits per heavy atom. The Balaban J connectivity index is 2.31. The van der Waals surface area contributed by atoms with Crippen LogP contribution in [-0.2, 0) is 0 Å². The van der Waals surface area contributed by atoms with Gasteiger partial charge in [0.25, 0.3) is 0 Å². The molecule has 3 nitrogen and oxygen atoms in total. The van der Waals surface area contributed by atoms with Crippen LogP contribution in [0.4, 0.5) is 0 Å². The topological polar surface area (TPSA) is 30.7 Å². The van der Waals surface area contributed by atoms with Crippen molar-refractivity contribution in [3.8, 4) is 16.9 Å². The van der Waals surface area contributed by atoms with E-state index in [4.69, 9.17) is 4.74 Å².